The van der Waals surface area contributed by atoms with Gasteiger partial charge in [-0.2, -0.15) is 5.10 Å². The SMILES string of the molecule is C=C/C(NC(=O)c1c(Cl)cnn1CC)=C(/Cl)C(=C)Cl. The normalized spacial score (nSPS) is 11.8. The van der Waals surface area contributed by atoms with Gasteiger partial charge in [-0.15, -0.1) is 0 Å². The molecule has 1 N–H and O–H groups in total. The molecular weight excluding hydrogens is 309 g/mol. The third-order valence-electron chi connectivity index (χ3n) is 2.24. The molecule has 1 aromatic rings. The molecule has 19 heavy (non-hydrogen) atoms. The molecule has 4 nitrogen and oxygen atoms in total. The molecule has 0 radical (unpaired) electrons. The minimum absolute atomic E-state index is 0.104. The highest BCUT2D eigenvalue weighted by Crippen LogP contribution is 2.21. The average molecular weight is 321 g/mol. The molecule has 0 saturated heterocycles. The summed E-state index contributed by atoms with van der Waals surface area (Å²) >= 11 is 17.5. The fraction of sp³-hybridized carbons (Fsp3) is 0.167. The van der Waals surface area contributed by atoms with Crippen LogP contribution in [0.3, 0.4) is 0 Å². The van der Waals surface area contributed by atoms with Gasteiger partial charge in [-0.05, 0) is 13.0 Å². The summed E-state index contributed by atoms with van der Waals surface area (Å²) < 4.78 is 1.47. The first kappa shape index (κ1) is 15.8. The average Bonchev–Trinajstić information content (AvgIpc) is 2.75. The highest BCUT2D eigenvalue weighted by molar-refractivity contribution is 6.44. The van der Waals surface area contributed by atoms with Gasteiger partial charge in [0.2, 0.25) is 0 Å². The summed E-state index contributed by atoms with van der Waals surface area (Å²) in [6.45, 7) is 9.39. The predicted molar refractivity (Wildman–Crippen MR) is 78.4 cm³/mol. The van der Waals surface area contributed by atoms with Crippen molar-refractivity contribution >= 4 is 40.7 Å². The van der Waals surface area contributed by atoms with E-state index in [9.17, 15) is 4.79 Å². The summed E-state index contributed by atoms with van der Waals surface area (Å²) in [6.07, 6.45) is 2.77. The molecule has 0 aliphatic carbocycles. The van der Waals surface area contributed by atoms with Gasteiger partial charge in [0.15, 0.2) is 0 Å². The molecule has 0 aliphatic rings. The first-order valence-electron chi connectivity index (χ1n) is 5.32. The number of allylic oxidation sites excluding steroid dienone is 3. The Morgan fingerprint density at radius 2 is 2.21 bits per heavy atom. The molecule has 0 aromatic carbocycles. The smallest absolute Gasteiger partial charge is 0.275 e. The summed E-state index contributed by atoms with van der Waals surface area (Å²) in [5.41, 5.74) is 0.500. The van der Waals surface area contributed by atoms with Crippen molar-refractivity contribution in [1.29, 1.82) is 0 Å². The van der Waals surface area contributed by atoms with E-state index in [1.807, 2.05) is 6.92 Å². The number of aryl methyl sites for hydroxylation is 1. The van der Waals surface area contributed by atoms with Gasteiger partial charge in [-0.3, -0.25) is 9.48 Å². The van der Waals surface area contributed by atoms with Crippen molar-refractivity contribution < 1.29 is 4.79 Å². The monoisotopic (exact) mass is 319 g/mol. The Morgan fingerprint density at radius 3 is 2.68 bits per heavy atom. The van der Waals surface area contributed by atoms with Gasteiger partial charge in [0, 0.05) is 6.54 Å². The van der Waals surface area contributed by atoms with Gasteiger partial charge in [0.05, 0.1) is 27.0 Å². The lowest BCUT2D eigenvalue weighted by atomic mass is 10.3. The zero-order valence-electron chi connectivity index (χ0n) is 10.2. The van der Waals surface area contributed by atoms with E-state index in [1.165, 1.54) is 17.0 Å². The highest BCUT2D eigenvalue weighted by Gasteiger charge is 2.18. The summed E-state index contributed by atoms with van der Waals surface area (Å²) in [5, 5.41) is 7.01. The fourth-order valence-electron chi connectivity index (χ4n) is 1.35. The van der Waals surface area contributed by atoms with Crippen molar-refractivity contribution in [2.75, 3.05) is 0 Å². The van der Waals surface area contributed by atoms with E-state index in [0.29, 0.717) is 6.54 Å². The van der Waals surface area contributed by atoms with E-state index in [1.54, 1.807) is 0 Å². The number of aromatic nitrogens is 2. The molecule has 1 amide bonds. The van der Waals surface area contributed by atoms with Crippen molar-refractivity contribution in [3.05, 3.63) is 51.9 Å². The second-order valence-electron chi connectivity index (χ2n) is 3.45. The Kier molecular flexibility index (Phi) is 5.66. The Morgan fingerprint density at radius 1 is 1.58 bits per heavy atom. The minimum atomic E-state index is -0.449. The summed E-state index contributed by atoms with van der Waals surface area (Å²) in [6, 6.07) is 0. The lowest BCUT2D eigenvalue weighted by Gasteiger charge is -2.09. The van der Waals surface area contributed by atoms with Crippen molar-refractivity contribution in [3.8, 4) is 0 Å². The van der Waals surface area contributed by atoms with Crippen LogP contribution in [0.25, 0.3) is 0 Å². The van der Waals surface area contributed by atoms with E-state index >= 15 is 0 Å². The number of hydrogen-bond donors (Lipinski definition) is 1. The second kappa shape index (κ2) is 6.80. The van der Waals surface area contributed by atoms with Crippen LogP contribution in [0.2, 0.25) is 5.02 Å². The van der Waals surface area contributed by atoms with Gasteiger partial charge in [-0.1, -0.05) is 48.0 Å². The van der Waals surface area contributed by atoms with Crippen LogP contribution in [0, 0.1) is 0 Å². The van der Waals surface area contributed by atoms with Crippen LogP contribution in [-0.2, 0) is 6.54 Å². The van der Waals surface area contributed by atoms with Crippen molar-refractivity contribution in [2.45, 2.75) is 13.5 Å². The van der Waals surface area contributed by atoms with Crippen LogP contribution in [0.5, 0.6) is 0 Å². The lowest BCUT2D eigenvalue weighted by molar-refractivity contribution is 0.0956. The second-order valence-corrected chi connectivity index (χ2v) is 4.69. The third kappa shape index (κ3) is 3.62. The minimum Gasteiger partial charge on any atom is -0.319 e. The number of nitrogens with one attached hydrogen (secondary N) is 1. The molecular formula is C12H12Cl3N3O. The number of amides is 1. The van der Waals surface area contributed by atoms with Crippen molar-refractivity contribution in [1.82, 2.24) is 15.1 Å². The molecule has 0 saturated carbocycles. The summed E-state index contributed by atoms with van der Waals surface area (Å²) in [4.78, 5) is 12.1. The van der Waals surface area contributed by atoms with E-state index < -0.39 is 5.91 Å². The van der Waals surface area contributed by atoms with Gasteiger partial charge >= 0.3 is 0 Å². The molecule has 7 heteroatoms. The Balaban J connectivity index is 3.09. The predicted octanol–water partition coefficient (Wildman–Crippen LogP) is 3.68. The zero-order chi connectivity index (χ0) is 14.6. The van der Waals surface area contributed by atoms with Gasteiger partial charge in [-0.25, -0.2) is 0 Å². The number of halogens is 3. The lowest BCUT2D eigenvalue weighted by Crippen LogP contribution is -2.26. The molecule has 0 bridgehead atoms. The molecule has 0 atom stereocenters. The zero-order valence-corrected chi connectivity index (χ0v) is 12.5. The molecule has 1 aromatic heterocycles. The molecule has 0 aliphatic heterocycles. The third-order valence-corrected chi connectivity index (χ3v) is 3.23. The van der Waals surface area contributed by atoms with E-state index in [-0.39, 0.29) is 26.5 Å². The number of carbonyl (C=O) groups excluding carboxylic acids is 1. The topological polar surface area (TPSA) is 46.9 Å². The molecule has 0 fully saturated rings. The molecule has 0 unspecified atom stereocenters. The van der Waals surface area contributed by atoms with Crippen LogP contribution in [0.15, 0.2) is 41.2 Å². The fourth-order valence-corrected chi connectivity index (χ4v) is 1.80. The largest absolute Gasteiger partial charge is 0.319 e. The van der Waals surface area contributed by atoms with Gasteiger partial charge < -0.3 is 5.32 Å². The Labute approximate surface area is 126 Å². The van der Waals surface area contributed by atoms with E-state index in [0.717, 1.165) is 0 Å². The maximum atomic E-state index is 12.1. The summed E-state index contributed by atoms with van der Waals surface area (Å²) in [7, 11) is 0. The van der Waals surface area contributed by atoms with Crippen LogP contribution in [-0.4, -0.2) is 15.7 Å². The number of rotatable bonds is 5. The summed E-state index contributed by atoms with van der Waals surface area (Å²) in [5.74, 6) is -0.449. The van der Waals surface area contributed by atoms with Gasteiger partial charge in [0.1, 0.15) is 5.69 Å². The maximum Gasteiger partial charge on any atom is 0.275 e. The maximum absolute atomic E-state index is 12.1. The van der Waals surface area contributed by atoms with E-state index in [4.69, 9.17) is 34.8 Å². The van der Waals surface area contributed by atoms with Gasteiger partial charge in [0.25, 0.3) is 5.91 Å². The van der Waals surface area contributed by atoms with Crippen LogP contribution >= 0.6 is 34.8 Å². The van der Waals surface area contributed by atoms with Crippen LogP contribution in [0.1, 0.15) is 17.4 Å². The first-order chi connectivity index (χ1) is 8.92. The molecule has 102 valence electrons. The Bertz CT molecular complexity index is 561. The van der Waals surface area contributed by atoms with Crippen molar-refractivity contribution in [3.63, 3.8) is 0 Å². The molecule has 1 rings (SSSR count). The Hall–Kier alpha value is -1.23. The highest BCUT2D eigenvalue weighted by atomic mass is 35.5. The molecule has 1 heterocycles. The standard InChI is InChI=1S/C12H12Cl3N3O/c1-4-9(10(15)7(3)13)17-12(19)11-8(14)6-16-18(11)5-2/h4,6H,1,3,5H2,2H3,(H,17,19)/b10-9-. The van der Waals surface area contributed by atoms with Crippen LogP contribution < -0.4 is 5.32 Å². The number of carbonyl (C=O) groups is 1. The quantitative estimate of drug-likeness (QED) is 0.841. The van der Waals surface area contributed by atoms with E-state index in [2.05, 4.69) is 23.6 Å². The molecule has 0 spiro atoms. The first-order valence-corrected chi connectivity index (χ1v) is 6.45. The van der Waals surface area contributed by atoms with Crippen molar-refractivity contribution in [2.24, 2.45) is 0 Å². The number of nitrogens with zero attached hydrogens (tertiary/aromatic N) is 2. The van der Waals surface area contributed by atoms with Crippen LogP contribution in [0.4, 0.5) is 0 Å². The number of hydrogen-bond acceptors (Lipinski definition) is 2.